The number of ether oxygens (including phenoxy) is 3. The zero-order valence-electron chi connectivity index (χ0n) is 6.62. The molecule has 0 fully saturated rings. The largest absolute Gasteiger partial charge is 0.486 e. The Kier molecular flexibility index (Phi) is 2.48. The SMILES string of the molecule is c1scc2c1OCCOCCO2. The normalized spacial score (nSPS) is 17.7. The molecule has 0 unspecified atom stereocenters. The van der Waals surface area contributed by atoms with Crippen LogP contribution in [0.1, 0.15) is 0 Å². The molecule has 2 rings (SSSR count). The zero-order chi connectivity index (χ0) is 8.23. The molecule has 0 atom stereocenters. The molecule has 3 nitrogen and oxygen atoms in total. The van der Waals surface area contributed by atoms with Gasteiger partial charge in [0.2, 0.25) is 0 Å². The fourth-order valence-corrected chi connectivity index (χ4v) is 1.69. The van der Waals surface area contributed by atoms with Gasteiger partial charge in [0.1, 0.15) is 13.2 Å². The lowest BCUT2D eigenvalue weighted by molar-refractivity contribution is 0.0877. The van der Waals surface area contributed by atoms with Gasteiger partial charge in [-0.2, -0.15) is 0 Å². The first-order chi connectivity index (χ1) is 5.97. The molecule has 0 saturated carbocycles. The van der Waals surface area contributed by atoms with Crippen molar-refractivity contribution >= 4 is 11.3 Å². The molecule has 0 aliphatic carbocycles. The van der Waals surface area contributed by atoms with Crippen LogP contribution in [0.2, 0.25) is 0 Å². The lowest BCUT2D eigenvalue weighted by Crippen LogP contribution is -2.08. The van der Waals surface area contributed by atoms with Crippen molar-refractivity contribution < 1.29 is 14.2 Å². The summed E-state index contributed by atoms with van der Waals surface area (Å²) >= 11 is 1.59. The van der Waals surface area contributed by atoms with Gasteiger partial charge in [-0.1, -0.05) is 0 Å². The minimum Gasteiger partial charge on any atom is -0.486 e. The van der Waals surface area contributed by atoms with Crippen LogP contribution < -0.4 is 9.47 Å². The van der Waals surface area contributed by atoms with E-state index in [9.17, 15) is 0 Å². The van der Waals surface area contributed by atoms with E-state index in [2.05, 4.69) is 0 Å². The Hall–Kier alpha value is -0.740. The molecule has 66 valence electrons. The lowest BCUT2D eigenvalue weighted by atomic mass is 10.5. The molecule has 0 amide bonds. The van der Waals surface area contributed by atoms with E-state index in [1.54, 1.807) is 11.3 Å². The van der Waals surface area contributed by atoms with Crippen LogP contribution in [0.3, 0.4) is 0 Å². The van der Waals surface area contributed by atoms with Crippen molar-refractivity contribution in [3.63, 3.8) is 0 Å². The monoisotopic (exact) mass is 186 g/mol. The third kappa shape index (κ3) is 1.70. The molecule has 0 bridgehead atoms. The van der Waals surface area contributed by atoms with Crippen molar-refractivity contribution in [1.82, 2.24) is 0 Å². The fourth-order valence-electron chi connectivity index (χ4n) is 1.01. The highest BCUT2D eigenvalue weighted by molar-refractivity contribution is 7.08. The van der Waals surface area contributed by atoms with Gasteiger partial charge in [-0.15, -0.1) is 11.3 Å². The molecule has 0 N–H and O–H groups in total. The van der Waals surface area contributed by atoms with Gasteiger partial charge in [-0.25, -0.2) is 0 Å². The van der Waals surface area contributed by atoms with Crippen molar-refractivity contribution in [3.8, 4) is 11.5 Å². The summed E-state index contributed by atoms with van der Waals surface area (Å²) in [4.78, 5) is 0. The summed E-state index contributed by atoms with van der Waals surface area (Å²) in [7, 11) is 0. The molecule has 1 aliphatic heterocycles. The van der Waals surface area contributed by atoms with Crippen LogP contribution in [0, 0.1) is 0 Å². The molecule has 1 aromatic rings. The summed E-state index contributed by atoms with van der Waals surface area (Å²) in [6.07, 6.45) is 0. The summed E-state index contributed by atoms with van der Waals surface area (Å²) in [6.45, 7) is 2.48. The van der Waals surface area contributed by atoms with Crippen LogP contribution in [-0.2, 0) is 4.74 Å². The molecular formula is C8H10O3S. The van der Waals surface area contributed by atoms with E-state index in [0.717, 1.165) is 11.5 Å². The molecule has 0 saturated heterocycles. The molecule has 4 heteroatoms. The van der Waals surface area contributed by atoms with E-state index in [1.807, 2.05) is 10.8 Å². The quantitative estimate of drug-likeness (QED) is 0.615. The highest BCUT2D eigenvalue weighted by Gasteiger charge is 2.07. The summed E-state index contributed by atoms with van der Waals surface area (Å²) in [5.41, 5.74) is 0. The topological polar surface area (TPSA) is 27.7 Å². The standard InChI is InChI=1S/C8H10O3S/c1-3-10-7-5-12-6-8(7)11-4-2-9-1/h5-6H,1-4H2. The molecule has 1 aliphatic rings. The van der Waals surface area contributed by atoms with E-state index in [0.29, 0.717) is 26.4 Å². The maximum absolute atomic E-state index is 5.41. The molecule has 12 heavy (non-hydrogen) atoms. The summed E-state index contributed by atoms with van der Waals surface area (Å²) in [5, 5.41) is 3.89. The van der Waals surface area contributed by atoms with Gasteiger partial charge in [-0.3, -0.25) is 0 Å². The highest BCUT2D eigenvalue weighted by atomic mass is 32.1. The number of hydrogen-bond acceptors (Lipinski definition) is 4. The predicted octanol–water partition coefficient (Wildman–Crippen LogP) is 1.54. The Morgan fingerprint density at radius 2 is 1.50 bits per heavy atom. The smallest absolute Gasteiger partial charge is 0.171 e. The van der Waals surface area contributed by atoms with E-state index in [1.165, 1.54) is 0 Å². The molecule has 2 heterocycles. The first-order valence-electron chi connectivity index (χ1n) is 3.86. The third-order valence-electron chi connectivity index (χ3n) is 1.56. The van der Waals surface area contributed by atoms with E-state index >= 15 is 0 Å². The minimum atomic E-state index is 0.604. The number of hydrogen-bond donors (Lipinski definition) is 0. The lowest BCUT2D eigenvalue weighted by Gasteiger charge is -2.03. The predicted molar refractivity (Wildman–Crippen MR) is 46.1 cm³/mol. The first kappa shape index (κ1) is 7.89. The van der Waals surface area contributed by atoms with Crippen molar-refractivity contribution in [2.75, 3.05) is 26.4 Å². The molecular weight excluding hydrogens is 176 g/mol. The first-order valence-corrected chi connectivity index (χ1v) is 4.80. The van der Waals surface area contributed by atoms with E-state index in [-0.39, 0.29) is 0 Å². The van der Waals surface area contributed by atoms with Gasteiger partial charge in [-0.05, 0) is 0 Å². The van der Waals surface area contributed by atoms with Gasteiger partial charge in [0.15, 0.2) is 11.5 Å². The van der Waals surface area contributed by atoms with Crippen molar-refractivity contribution in [2.24, 2.45) is 0 Å². The number of rotatable bonds is 0. The Bertz CT molecular complexity index is 224. The summed E-state index contributed by atoms with van der Waals surface area (Å²) < 4.78 is 16.0. The Labute approximate surface area is 74.9 Å². The molecule has 0 aromatic carbocycles. The Morgan fingerprint density at radius 1 is 0.917 bits per heavy atom. The van der Waals surface area contributed by atoms with Gasteiger partial charge >= 0.3 is 0 Å². The second-order valence-corrected chi connectivity index (χ2v) is 3.15. The van der Waals surface area contributed by atoms with Crippen molar-refractivity contribution in [3.05, 3.63) is 10.8 Å². The molecule has 1 aromatic heterocycles. The average molecular weight is 186 g/mol. The Balaban J connectivity index is 2.10. The number of thiophene rings is 1. The fraction of sp³-hybridized carbons (Fsp3) is 0.500. The van der Waals surface area contributed by atoms with Crippen molar-refractivity contribution in [2.45, 2.75) is 0 Å². The average Bonchev–Trinajstić information content (AvgIpc) is 2.50. The Morgan fingerprint density at radius 3 is 2.08 bits per heavy atom. The maximum atomic E-state index is 5.41. The van der Waals surface area contributed by atoms with E-state index < -0.39 is 0 Å². The summed E-state index contributed by atoms with van der Waals surface area (Å²) in [6, 6.07) is 0. The van der Waals surface area contributed by atoms with Crippen LogP contribution in [0.15, 0.2) is 10.8 Å². The zero-order valence-corrected chi connectivity index (χ0v) is 7.43. The highest BCUT2D eigenvalue weighted by Crippen LogP contribution is 2.31. The van der Waals surface area contributed by atoms with Gasteiger partial charge in [0, 0.05) is 10.8 Å². The third-order valence-corrected chi connectivity index (χ3v) is 2.26. The van der Waals surface area contributed by atoms with Gasteiger partial charge in [0.05, 0.1) is 13.2 Å². The summed E-state index contributed by atoms with van der Waals surface area (Å²) in [5.74, 6) is 1.68. The maximum Gasteiger partial charge on any atom is 0.171 e. The minimum absolute atomic E-state index is 0.604. The van der Waals surface area contributed by atoms with Crippen LogP contribution >= 0.6 is 11.3 Å². The van der Waals surface area contributed by atoms with Crippen LogP contribution in [-0.4, -0.2) is 26.4 Å². The number of fused-ring (bicyclic) bond motifs is 1. The molecule has 0 spiro atoms. The van der Waals surface area contributed by atoms with Crippen LogP contribution in [0.4, 0.5) is 0 Å². The second-order valence-electron chi connectivity index (χ2n) is 2.41. The van der Waals surface area contributed by atoms with Crippen LogP contribution in [0.5, 0.6) is 11.5 Å². The van der Waals surface area contributed by atoms with E-state index in [4.69, 9.17) is 14.2 Å². The van der Waals surface area contributed by atoms with Gasteiger partial charge in [0.25, 0.3) is 0 Å². The second kappa shape index (κ2) is 3.78. The molecule has 0 radical (unpaired) electrons. The van der Waals surface area contributed by atoms with Crippen molar-refractivity contribution in [1.29, 1.82) is 0 Å². The van der Waals surface area contributed by atoms with Crippen LogP contribution in [0.25, 0.3) is 0 Å². The van der Waals surface area contributed by atoms with Gasteiger partial charge < -0.3 is 14.2 Å².